The van der Waals surface area contributed by atoms with Gasteiger partial charge in [0.05, 0.1) is 18.6 Å². The SMILES string of the molecule is CCCCCN1C/C=C\CCC(=O)N[C@H](COC)[C@@H](c2ccccc2)OC(=O)[C@@H]2[C@H]3O[C@@]4(C=C3Br)[C@H](C1=O)N(CCCCO)C(=O)[C@@H]24. The van der Waals surface area contributed by atoms with Crippen LogP contribution in [0.5, 0.6) is 0 Å². The first-order chi connectivity index (χ1) is 22.8. The highest BCUT2D eigenvalue weighted by Gasteiger charge is 2.74. The van der Waals surface area contributed by atoms with Gasteiger partial charge in [0.2, 0.25) is 17.7 Å². The van der Waals surface area contributed by atoms with E-state index in [9.17, 15) is 24.3 Å². The molecule has 0 unspecified atom stereocenters. The van der Waals surface area contributed by atoms with Gasteiger partial charge in [0.1, 0.15) is 29.8 Å². The third-order valence-electron chi connectivity index (χ3n) is 9.54. The molecule has 1 spiro atoms. The Kier molecular flexibility index (Phi) is 11.9. The van der Waals surface area contributed by atoms with Crippen molar-refractivity contribution in [1.29, 1.82) is 0 Å². The van der Waals surface area contributed by atoms with Gasteiger partial charge in [0.15, 0.2) is 0 Å². The van der Waals surface area contributed by atoms with Crippen molar-refractivity contribution in [1.82, 2.24) is 15.1 Å². The van der Waals surface area contributed by atoms with Crippen LogP contribution in [0.1, 0.15) is 63.5 Å². The molecule has 1 aromatic carbocycles. The van der Waals surface area contributed by atoms with Crippen LogP contribution in [-0.4, -0.2) is 102 Å². The van der Waals surface area contributed by atoms with E-state index < -0.39 is 47.7 Å². The minimum atomic E-state index is -1.37. The molecule has 2 N–H and O–H groups in total. The fourth-order valence-electron chi connectivity index (χ4n) is 7.34. The number of halogens is 1. The number of benzene rings is 1. The number of allylic oxidation sites excluding steroid dienone is 1. The maximum atomic E-state index is 14.6. The van der Waals surface area contributed by atoms with Gasteiger partial charge >= 0.3 is 5.97 Å². The van der Waals surface area contributed by atoms with Crippen LogP contribution in [0.2, 0.25) is 0 Å². The van der Waals surface area contributed by atoms with Gasteiger partial charge < -0.3 is 34.4 Å². The Labute approximate surface area is 284 Å². The predicted octanol–water partition coefficient (Wildman–Crippen LogP) is 3.42. The number of hydrogen-bond acceptors (Lipinski definition) is 8. The molecule has 5 rings (SSSR count). The molecule has 4 heterocycles. The highest BCUT2D eigenvalue weighted by Crippen LogP contribution is 2.59. The van der Waals surface area contributed by atoms with Crippen LogP contribution in [0.15, 0.2) is 53.0 Å². The van der Waals surface area contributed by atoms with E-state index in [0.717, 1.165) is 19.3 Å². The van der Waals surface area contributed by atoms with Crippen LogP contribution >= 0.6 is 15.9 Å². The first-order valence-electron chi connectivity index (χ1n) is 16.7. The molecule has 47 heavy (non-hydrogen) atoms. The number of esters is 1. The highest BCUT2D eigenvalue weighted by molar-refractivity contribution is 9.11. The normalized spacial score (nSPS) is 31.9. The summed E-state index contributed by atoms with van der Waals surface area (Å²) in [6.45, 7) is 3.17. The Bertz CT molecular complexity index is 1360. The predicted molar refractivity (Wildman–Crippen MR) is 177 cm³/mol. The monoisotopic (exact) mass is 715 g/mol. The van der Waals surface area contributed by atoms with E-state index in [1.165, 1.54) is 7.11 Å². The molecule has 0 radical (unpaired) electrons. The van der Waals surface area contributed by atoms with Gasteiger partial charge in [-0.2, -0.15) is 0 Å². The van der Waals surface area contributed by atoms with Gasteiger partial charge in [0, 0.05) is 44.3 Å². The van der Waals surface area contributed by atoms with Crippen LogP contribution in [0.4, 0.5) is 0 Å². The van der Waals surface area contributed by atoms with Crippen LogP contribution in [0.3, 0.4) is 0 Å². The molecule has 0 saturated carbocycles. The van der Waals surface area contributed by atoms with Crippen molar-refractivity contribution < 1.29 is 38.5 Å². The number of nitrogens with one attached hydrogen (secondary N) is 1. The molecule has 5 bridgehead atoms. The summed E-state index contributed by atoms with van der Waals surface area (Å²) in [6.07, 6.45) is 8.16. The van der Waals surface area contributed by atoms with Gasteiger partial charge in [-0.3, -0.25) is 19.2 Å². The number of unbranched alkanes of at least 4 members (excludes halogenated alkanes) is 3. The minimum Gasteiger partial charge on any atom is -0.455 e. The fourth-order valence-corrected chi connectivity index (χ4v) is 8.08. The first kappa shape index (κ1) is 35.3. The molecule has 256 valence electrons. The summed E-state index contributed by atoms with van der Waals surface area (Å²) in [6, 6.07) is 7.43. The third kappa shape index (κ3) is 7.21. The summed E-state index contributed by atoms with van der Waals surface area (Å²) in [7, 11) is 1.52. The number of likely N-dealkylation sites (tertiary alicyclic amines) is 1. The van der Waals surface area contributed by atoms with Crippen molar-refractivity contribution >= 4 is 39.6 Å². The van der Waals surface area contributed by atoms with Crippen LogP contribution in [0.25, 0.3) is 0 Å². The second kappa shape index (κ2) is 15.9. The Morgan fingerprint density at radius 1 is 1.02 bits per heavy atom. The van der Waals surface area contributed by atoms with Gasteiger partial charge in [-0.1, -0.05) is 78.2 Å². The van der Waals surface area contributed by atoms with Gasteiger partial charge in [-0.15, -0.1) is 0 Å². The smallest absolute Gasteiger partial charge is 0.313 e. The lowest BCUT2D eigenvalue weighted by Crippen LogP contribution is -2.56. The molecule has 4 aliphatic heterocycles. The summed E-state index contributed by atoms with van der Waals surface area (Å²) in [5.41, 5.74) is -0.711. The van der Waals surface area contributed by atoms with Gasteiger partial charge in [-0.05, 0) is 37.3 Å². The van der Waals surface area contributed by atoms with E-state index in [-0.39, 0.29) is 43.9 Å². The van der Waals surface area contributed by atoms with E-state index >= 15 is 0 Å². The molecule has 0 aromatic heterocycles. The standard InChI is InChI=1S/C35H46BrN3O8/c1-3-4-10-17-38-18-11-6-9-16-26(41)37-25(22-45-2)29(23-14-7-5-8-15-23)46-34(44)27-28-32(42)39(19-12-13-20-40)31(33(38)43)35(28)21-24(36)30(27)47-35/h5-8,11,14-15,21,25,27-31,40H,3-4,9-10,12-13,16-20,22H2,1-2H3,(H,37,41)/b11-6-/t25-,27+,28-,29-,30+,31+,35-/m1/s1. The van der Waals surface area contributed by atoms with Gasteiger partial charge in [-0.25, -0.2) is 0 Å². The van der Waals surface area contributed by atoms with Crippen LogP contribution in [-0.2, 0) is 33.4 Å². The van der Waals surface area contributed by atoms with Crippen molar-refractivity contribution in [3.63, 3.8) is 0 Å². The number of cyclic esters (lactones) is 1. The minimum absolute atomic E-state index is 0.0395. The largest absolute Gasteiger partial charge is 0.455 e. The van der Waals surface area contributed by atoms with E-state index in [1.54, 1.807) is 15.9 Å². The van der Waals surface area contributed by atoms with E-state index in [2.05, 4.69) is 28.2 Å². The van der Waals surface area contributed by atoms with Crippen molar-refractivity contribution in [3.8, 4) is 0 Å². The lowest BCUT2D eigenvalue weighted by Gasteiger charge is -2.36. The van der Waals surface area contributed by atoms with E-state index in [1.807, 2.05) is 42.5 Å². The summed E-state index contributed by atoms with van der Waals surface area (Å²) < 4.78 is 18.9. The van der Waals surface area contributed by atoms with Crippen LogP contribution in [0, 0.1) is 11.8 Å². The summed E-state index contributed by atoms with van der Waals surface area (Å²) in [5, 5.41) is 12.5. The van der Waals surface area contributed by atoms with E-state index in [0.29, 0.717) is 42.4 Å². The van der Waals surface area contributed by atoms with Gasteiger partial charge in [0.25, 0.3) is 0 Å². The topological polar surface area (TPSA) is 135 Å². The number of ether oxygens (including phenoxy) is 3. The van der Waals surface area contributed by atoms with Crippen molar-refractivity contribution in [2.75, 3.05) is 40.0 Å². The molecule has 12 heteroatoms. The molecule has 11 nitrogen and oxygen atoms in total. The molecule has 3 amide bonds. The molecule has 4 aliphatic rings. The summed E-state index contributed by atoms with van der Waals surface area (Å²) >= 11 is 3.60. The third-order valence-corrected chi connectivity index (χ3v) is 10.2. The summed E-state index contributed by atoms with van der Waals surface area (Å²) in [4.78, 5) is 59.9. The maximum Gasteiger partial charge on any atom is 0.313 e. The molecule has 1 aromatic rings. The molecular weight excluding hydrogens is 670 g/mol. The van der Waals surface area contributed by atoms with Crippen molar-refractivity contribution in [3.05, 3.63) is 58.6 Å². The number of methoxy groups -OCH3 is 1. The molecular formula is C35H46BrN3O8. The second-order valence-corrected chi connectivity index (χ2v) is 13.6. The number of fused-ring (bicyclic) bond motifs is 2. The molecule has 2 saturated heterocycles. The number of hydrogen-bond donors (Lipinski definition) is 2. The fraction of sp³-hybridized carbons (Fsp3) is 0.600. The zero-order valence-electron chi connectivity index (χ0n) is 27.1. The van der Waals surface area contributed by atoms with Crippen molar-refractivity contribution in [2.24, 2.45) is 11.8 Å². The Hall–Kier alpha value is -3.06. The summed E-state index contributed by atoms with van der Waals surface area (Å²) in [5.74, 6) is -3.49. The number of nitrogens with zero attached hydrogens (tertiary/aromatic N) is 2. The number of carbonyl (C=O) groups excluding carboxylic acids is 4. The Morgan fingerprint density at radius 3 is 2.51 bits per heavy atom. The average molecular weight is 717 g/mol. The first-order valence-corrected chi connectivity index (χ1v) is 17.5. The Morgan fingerprint density at radius 2 is 1.79 bits per heavy atom. The lowest BCUT2D eigenvalue weighted by atomic mass is 9.74. The zero-order valence-corrected chi connectivity index (χ0v) is 28.7. The van der Waals surface area contributed by atoms with E-state index in [4.69, 9.17) is 14.2 Å². The average Bonchev–Trinajstić information content (AvgIpc) is 3.65. The molecule has 0 aliphatic carbocycles. The maximum absolute atomic E-state index is 14.6. The Balaban J connectivity index is 1.59. The quantitative estimate of drug-likeness (QED) is 0.202. The lowest BCUT2D eigenvalue weighted by molar-refractivity contribution is -0.162. The zero-order chi connectivity index (χ0) is 33.6. The number of amides is 3. The number of carbonyl (C=O) groups is 4. The number of rotatable bonds is 11. The van der Waals surface area contributed by atoms with Crippen molar-refractivity contribution in [2.45, 2.75) is 81.8 Å². The second-order valence-electron chi connectivity index (χ2n) is 12.7. The highest BCUT2D eigenvalue weighted by atomic mass is 79.9. The number of aliphatic hydroxyl groups excluding tert-OH is 1. The molecule has 2 fully saturated rings. The molecule has 7 atom stereocenters. The number of aliphatic hydroxyl groups is 1. The van der Waals surface area contributed by atoms with Crippen LogP contribution < -0.4 is 5.32 Å².